The van der Waals surface area contributed by atoms with E-state index in [2.05, 4.69) is 4.74 Å². The molecule has 0 aliphatic carbocycles. The van der Waals surface area contributed by atoms with Crippen molar-refractivity contribution in [3.05, 3.63) is 29.6 Å². The van der Waals surface area contributed by atoms with Gasteiger partial charge in [-0.3, -0.25) is 4.79 Å². The van der Waals surface area contributed by atoms with Gasteiger partial charge in [0, 0.05) is 0 Å². The van der Waals surface area contributed by atoms with E-state index in [9.17, 15) is 22.4 Å². The largest absolute Gasteiger partial charge is 0.480 e. The SMILES string of the molecule is COC(=O)c1ccc(S(=O)(=O)N[C@@H](CC(C)C)C(=O)O)cc1F. The van der Waals surface area contributed by atoms with Gasteiger partial charge in [-0.2, -0.15) is 4.72 Å². The molecule has 0 saturated carbocycles. The molecule has 2 N–H and O–H groups in total. The minimum Gasteiger partial charge on any atom is -0.480 e. The number of esters is 1. The van der Waals surface area contributed by atoms with Crippen molar-refractivity contribution in [2.45, 2.75) is 31.2 Å². The summed E-state index contributed by atoms with van der Waals surface area (Å²) in [6.45, 7) is 3.49. The van der Waals surface area contributed by atoms with Gasteiger partial charge in [-0.15, -0.1) is 0 Å². The van der Waals surface area contributed by atoms with E-state index in [-0.39, 0.29) is 12.3 Å². The van der Waals surface area contributed by atoms with Gasteiger partial charge in [-0.05, 0) is 30.5 Å². The van der Waals surface area contributed by atoms with Gasteiger partial charge in [-0.25, -0.2) is 17.6 Å². The number of benzene rings is 1. The van der Waals surface area contributed by atoms with Crippen LogP contribution >= 0.6 is 0 Å². The number of hydrogen-bond donors (Lipinski definition) is 2. The molecule has 1 atom stereocenters. The lowest BCUT2D eigenvalue weighted by molar-refractivity contribution is -0.139. The third kappa shape index (κ3) is 5.00. The summed E-state index contributed by atoms with van der Waals surface area (Å²) in [7, 11) is -3.18. The molecule has 1 aromatic carbocycles. The Morgan fingerprint density at radius 1 is 1.35 bits per heavy atom. The fraction of sp³-hybridized carbons (Fsp3) is 0.429. The molecule has 23 heavy (non-hydrogen) atoms. The monoisotopic (exact) mass is 347 g/mol. The highest BCUT2D eigenvalue weighted by molar-refractivity contribution is 7.89. The Kier molecular flexibility index (Phi) is 6.22. The van der Waals surface area contributed by atoms with Crippen LogP contribution in [0, 0.1) is 11.7 Å². The first-order valence-corrected chi connectivity index (χ1v) is 8.19. The lowest BCUT2D eigenvalue weighted by Gasteiger charge is -2.16. The summed E-state index contributed by atoms with van der Waals surface area (Å²) in [5, 5.41) is 9.07. The Labute approximate surface area is 133 Å². The van der Waals surface area contributed by atoms with Crippen molar-refractivity contribution in [1.82, 2.24) is 4.72 Å². The molecule has 7 nitrogen and oxygen atoms in total. The van der Waals surface area contributed by atoms with Crippen LogP contribution in [-0.4, -0.2) is 38.6 Å². The average Bonchev–Trinajstić information content (AvgIpc) is 2.44. The number of hydrogen-bond acceptors (Lipinski definition) is 5. The van der Waals surface area contributed by atoms with E-state index in [1.54, 1.807) is 13.8 Å². The molecule has 1 aromatic rings. The second-order valence-corrected chi connectivity index (χ2v) is 6.99. The highest BCUT2D eigenvalue weighted by atomic mass is 32.2. The number of ether oxygens (including phenoxy) is 1. The van der Waals surface area contributed by atoms with E-state index < -0.39 is 44.3 Å². The average molecular weight is 347 g/mol. The summed E-state index contributed by atoms with van der Waals surface area (Å²) >= 11 is 0. The van der Waals surface area contributed by atoms with Gasteiger partial charge in [0.1, 0.15) is 11.9 Å². The van der Waals surface area contributed by atoms with Crippen molar-refractivity contribution in [2.24, 2.45) is 5.92 Å². The maximum Gasteiger partial charge on any atom is 0.340 e. The van der Waals surface area contributed by atoms with Crippen LogP contribution in [0.1, 0.15) is 30.6 Å². The number of halogens is 1. The molecule has 0 spiro atoms. The van der Waals surface area contributed by atoms with E-state index in [0.717, 1.165) is 19.2 Å². The van der Waals surface area contributed by atoms with Crippen LogP contribution in [0.25, 0.3) is 0 Å². The van der Waals surface area contributed by atoms with Crippen LogP contribution < -0.4 is 4.72 Å². The maximum atomic E-state index is 13.8. The Bertz CT molecular complexity index is 701. The summed E-state index contributed by atoms with van der Waals surface area (Å²) in [4.78, 5) is 21.9. The molecule has 9 heteroatoms. The van der Waals surface area contributed by atoms with Gasteiger partial charge in [-0.1, -0.05) is 13.8 Å². The molecule has 0 radical (unpaired) electrons. The molecule has 0 aliphatic rings. The first kappa shape index (κ1) is 19.0. The van der Waals surface area contributed by atoms with Crippen molar-refractivity contribution in [2.75, 3.05) is 7.11 Å². The highest BCUT2D eigenvalue weighted by Gasteiger charge is 2.27. The summed E-state index contributed by atoms with van der Waals surface area (Å²) < 4.78 is 44.5. The van der Waals surface area contributed by atoms with Gasteiger partial charge in [0.15, 0.2) is 0 Å². The van der Waals surface area contributed by atoms with Gasteiger partial charge < -0.3 is 9.84 Å². The first-order chi connectivity index (χ1) is 10.6. The zero-order chi connectivity index (χ0) is 17.8. The second kappa shape index (κ2) is 7.51. The van der Waals surface area contributed by atoms with Gasteiger partial charge >= 0.3 is 11.9 Å². The molecular formula is C14H18FNO6S. The van der Waals surface area contributed by atoms with Crippen LogP contribution in [-0.2, 0) is 19.6 Å². The number of sulfonamides is 1. The third-order valence-electron chi connectivity index (χ3n) is 2.96. The van der Waals surface area contributed by atoms with Crippen LogP contribution in [0.4, 0.5) is 4.39 Å². The molecule has 0 unspecified atom stereocenters. The molecule has 0 heterocycles. The fourth-order valence-electron chi connectivity index (χ4n) is 1.86. The number of carboxylic acid groups (broad SMARTS) is 1. The molecule has 128 valence electrons. The number of aliphatic carboxylic acids is 1. The zero-order valence-electron chi connectivity index (χ0n) is 12.9. The summed E-state index contributed by atoms with van der Waals surface area (Å²) in [6.07, 6.45) is 0.0806. The Morgan fingerprint density at radius 3 is 2.39 bits per heavy atom. The fourth-order valence-corrected chi connectivity index (χ4v) is 3.08. The number of methoxy groups -OCH3 is 1. The Balaban J connectivity index is 3.11. The van der Waals surface area contributed by atoms with Crippen molar-refractivity contribution >= 4 is 22.0 Å². The number of carbonyl (C=O) groups excluding carboxylic acids is 1. The van der Waals surface area contributed by atoms with E-state index in [4.69, 9.17) is 5.11 Å². The van der Waals surface area contributed by atoms with E-state index >= 15 is 0 Å². The Morgan fingerprint density at radius 2 is 1.96 bits per heavy atom. The number of carboxylic acids is 1. The summed E-state index contributed by atoms with van der Waals surface area (Å²) in [6, 6.07) is 1.28. The van der Waals surface area contributed by atoms with E-state index in [0.29, 0.717) is 6.07 Å². The molecule has 1 rings (SSSR count). The minimum atomic E-state index is -4.24. The highest BCUT2D eigenvalue weighted by Crippen LogP contribution is 2.17. The zero-order valence-corrected chi connectivity index (χ0v) is 13.7. The van der Waals surface area contributed by atoms with Gasteiger partial charge in [0.05, 0.1) is 17.6 Å². The normalized spacial score (nSPS) is 12.9. The number of carbonyl (C=O) groups is 2. The van der Waals surface area contributed by atoms with Crippen molar-refractivity contribution in [1.29, 1.82) is 0 Å². The topological polar surface area (TPSA) is 110 Å². The molecule has 0 fully saturated rings. The summed E-state index contributed by atoms with van der Waals surface area (Å²) in [5.41, 5.74) is -0.414. The van der Waals surface area contributed by atoms with E-state index in [1.807, 2.05) is 4.72 Å². The molecule has 0 amide bonds. The van der Waals surface area contributed by atoms with Crippen molar-refractivity contribution in [3.8, 4) is 0 Å². The molecule has 0 aliphatic heterocycles. The van der Waals surface area contributed by atoms with Crippen LogP contribution in [0.3, 0.4) is 0 Å². The van der Waals surface area contributed by atoms with Gasteiger partial charge in [0.25, 0.3) is 0 Å². The molecule has 0 bridgehead atoms. The van der Waals surface area contributed by atoms with Crippen molar-refractivity contribution in [3.63, 3.8) is 0 Å². The number of nitrogens with one attached hydrogen (secondary N) is 1. The standard InChI is InChI=1S/C14H18FNO6S/c1-8(2)6-12(13(17)18)16-23(20,21)9-4-5-10(11(15)7-9)14(19)22-3/h4-5,7-8,12,16H,6H2,1-3H3,(H,17,18)/t12-/m0/s1. The lowest BCUT2D eigenvalue weighted by Crippen LogP contribution is -2.41. The van der Waals surface area contributed by atoms with E-state index in [1.165, 1.54) is 0 Å². The minimum absolute atomic E-state index is 0.0581. The van der Waals surface area contributed by atoms with Crippen molar-refractivity contribution < 1.29 is 32.2 Å². The molecule has 0 aromatic heterocycles. The molecule has 0 saturated heterocycles. The predicted octanol–water partition coefficient (Wildman–Crippen LogP) is 1.39. The van der Waals surface area contributed by atoms with Crippen LogP contribution in [0.2, 0.25) is 0 Å². The smallest absolute Gasteiger partial charge is 0.340 e. The third-order valence-corrected chi connectivity index (χ3v) is 4.43. The Hall–Kier alpha value is -2.00. The van der Waals surface area contributed by atoms with Crippen LogP contribution in [0.15, 0.2) is 23.1 Å². The quantitative estimate of drug-likeness (QED) is 0.721. The number of rotatable bonds is 7. The predicted molar refractivity (Wildman–Crippen MR) is 78.9 cm³/mol. The maximum absolute atomic E-state index is 13.8. The summed E-state index contributed by atoms with van der Waals surface area (Å²) in [5.74, 6) is -3.40. The van der Waals surface area contributed by atoms with Crippen LogP contribution in [0.5, 0.6) is 0 Å². The molecular weight excluding hydrogens is 329 g/mol. The first-order valence-electron chi connectivity index (χ1n) is 6.71. The van der Waals surface area contributed by atoms with Gasteiger partial charge in [0.2, 0.25) is 10.0 Å². The second-order valence-electron chi connectivity index (χ2n) is 5.27. The lowest BCUT2D eigenvalue weighted by atomic mass is 10.1.